The van der Waals surface area contributed by atoms with Crippen molar-refractivity contribution in [2.75, 3.05) is 13.2 Å². The van der Waals surface area contributed by atoms with Gasteiger partial charge in [-0.2, -0.15) is 10.0 Å². The predicted molar refractivity (Wildman–Crippen MR) is 145 cm³/mol. The number of hydrogen-bond acceptors (Lipinski definition) is 6. The molecule has 0 radical (unpaired) electrons. The second-order valence-corrected chi connectivity index (χ2v) is 10.4. The van der Waals surface area contributed by atoms with Crippen LogP contribution in [-0.4, -0.2) is 47.1 Å². The average molecular weight is 517 g/mol. The molecule has 0 spiro atoms. The van der Waals surface area contributed by atoms with Crippen molar-refractivity contribution in [3.05, 3.63) is 71.8 Å². The molecule has 2 fully saturated rings. The van der Waals surface area contributed by atoms with Gasteiger partial charge in [0.2, 0.25) is 0 Å². The Morgan fingerprint density at radius 2 is 0.974 bits per heavy atom. The number of amidine groups is 2. The van der Waals surface area contributed by atoms with Gasteiger partial charge in [0.1, 0.15) is 0 Å². The van der Waals surface area contributed by atoms with Crippen molar-refractivity contribution < 1.29 is 19.1 Å². The summed E-state index contributed by atoms with van der Waals surface area (Å²) in [5.41, 5.74) is 1.28. The van der Waals surface area contributed by atoms with Crippen molar-refractivity contribution in [3.63, 3.8) is 0 Å². The number of benzene rings is 2. The second kappa shape index (κ2) is 12.7. The highest BCUT2D eigenvalue weighted by atomic mass is 16.6. The second-order valence-electron chi connectivity index (χ2n) is 10.4. The maximum atomic E-state index is 13.7. The summed E-state index contributed by atoms with van der Waals surface area (Å²) in [5, 5.41) is 11.2. The van der Waals surface area contributed by atoms with Gasteiger partial charge in [-0.3, -0.25) is 0 Å². The molecule has 1 heterocycles. The van der Waals surface area contributed by atoms with Gasteiger partial charge >= 0.3 is 12.2 Å². The molecule has 0 saturated heterocycles. The molecule has 0 atom stereocenters. The molecule has 0 bridgehead atoms. The van der Waals surface area contributed by atoms with Crippen LogP contribution in [0.4, 0.5) is 9.59 Å². The molecule has 3 aliphatic rings. The Kier molecular flexibility index (Phi) is 8.68. The van der Waals surface area contributed by atoms with Gasteiger partial charge in [-0.05, 0) is 37.5 Å². The van der Waals surface area contributed by atoms with E-state index in [0.717, 1.165) is 51.4 Å². The molecular formula is C30H36N4O4. The van der Waals surface area contributed by atoms with E-state index in [1.165, 1.54) is 22.9 Å². The van der Waals surface area contributed by atoms with Gasteiger partial charge in [0.15, 0.2) is 11.7 Å². The topological polar surface area (TPSA) is 83.8 Å². The third kappa shape index (κ3) is 6.23. The first-order valence-corrected chi connectivity index (χ1v) is 13.9. The maximum absolute atomic E-state index is 13.7. The van der Waals surface area contributed by atoms with Gasteiger partial charge < -0.3 is 9.47 Å². The van der Waals surface area contributed by atoms with Gasteiger partial charge in [-0.15, -0.1) is 10.2 Å². The Morgan fingerprint density at radius 3 is 1.34 bits per heavy atom. The molecule has 5 rings (SSSR count). The minimum Gasteiger partial charge on any atom is -0.448 e. The third-order valence-corrected chi connectivity index (χ3v) is 7.59. The number of amides is 2. The molecule has 2 aromatic carbocycles. The summed E-state index contributed by atoms with van der Waals surface area (Å²) in [5.74, 6) is 1.08. The van der Waals surface area contributed by atoms with Gasteiger partial charge in [0, 0.05) is 11.1 Å². The Labute approximate surface area is 224 Å². The summed E-state index contributed by atoms with van der Waals surface area (Å²) in [6.45, 7) is 0.611. The lowest BCUT2D eigenvalue weighted by Gasteiger charge is -2.36. The minimum absolute atomic E-state index is 0.216. The van der Waals surface area contributed by atoms with Crippen molar-refractivity contribution in [1.82, 2.24) is 10.0 Å². The van der Waals surface area contributed by atoms with Crippen LogP contribution in [0.1, 0.15) is 75.3 Å². The molecule has 38 heavy (non-hydrogen) atoms. The van der Waals surface area contributed by atoms with Gasteiger partial charge in [0.05, 0.1) is 13.2 Å². The van der Waals surface area contributed by atoms with Crippen LogP contribution in [0, 0.1) is 11.8 Å². The molecule has 2 aromatic rings. The Balaban J connectivity index is 1.46. The highest BCUT2D eigenvalue weighted by Crippen LogP contribution is 2.27. The third-order valence-electron chi connectivity index (χ3n) is 7.59. The molecule has 2 amide bonds. The summed E-state index contributed by atoms with van der Waals surface area (Å²) in [4.78, 5) is 27.5. The lowest BCUT2D eigenvalue weighted by Crippen LogP contribution is -2.58. The van der Waals surface area contributed by atoms with Gasteiger partial charge in [-0.1, -0.05) is 99.2 Å². The zero-order valence-electron chi connectivity index (χ0n) is 21.8. The van der Waals surface area contributed by atoms with Gasteiger partial charge in [-0.25, -0.2) is 9.59 Å². The Morgan fingerprint density at radius 1 is 0.605 bits per heavy atom. The number of carbonyl (C=O) groups is 2. The summed E-state index contributed by atoms with van der Waals surface area (Å²) >= 11 is 0. The zero-order chi connectivity index (χ0) is 26.2. The van der Waals surface area contributed by atoms with Crippen molar-refractivity contribution in [3.8, 4) is 0 Å². The quantitative estimate of drug-likeness (QED) is 0.425. The molecule has 0 aromatic heterocycles. The fourth-order valence-corrected chi connectivity index (χ4v) is 5.45. The number of rotatable bonds is 6. The fourth-order valence-electron chi connectivity index (χ4n) is 5.45. The molecule has 2 aliphatic carbocycles. The average Bonchev–Trinajstić information content (AvgIpc) is 3.00. The van der Waals surface area contributed by atoms with E-state index >= 15 is 0 Å². The summed E-state index contributed by atoms with van der Waals surface area (Å²) in [7, 11) is 0. The highest BCUT2D eigenvalue weighted by Gasteiger charge is 2.40. The van der Waals surface area contributed by atoms with Crippen molar-refractivity contribution >= 4 is 23.9 Å². The minimum atomic E-state index is -0.670. The number of hydrogen-bond donors (Lipinski definition) is 0. The van der Waals surface area contributed by atoms with E-state index in [0.29, 0.717) is 36.2 Å². The molecular weight excluding hydrogens is 480 g/mol. The first-order valence-electron chi connectivity index (χ1n) is 13.9. The van der Waals surface area contributed by atoms with Gasteiger partial charge in [0.25, 0.3) is 0 Å². The number of ether oxygens (including phenoxy) is 2. The lowest BCUT2D eigenvalue weighted by molar-refractivity contribution is 0.0325. The maximum Gasteiger partial charge on any atom is 0.435 e. The van der Waals surface area contributed by atoms with E-state index in [4.69, 9.17) is 9.47 Å². The van der Waals surface area contributed by atoms with Crippen LogP contribution in [0.5, 0.6) is 0 Å². The largest absolute Gasteiger partial charge is 0.448 e. The molecule has 1 aliphatic heterocycles. The number of nitrogens with zero attached hydrogens (tertiary/aromatic N) is 4. The zero-order valence-corrected chi connectivity index (χ0v) is 21.8. The standard InChI is InChI=1S/C30H36N4O4/c35-29(37-21-23-13-5-1-6-14-23)33-27(25-17-9-3-10-18-25)31-32-28(26-19-11-4-12-20-26)34(33)30(36)38-22-24-15-7-2-8-16-24/h3-4,9-12,17-20,23-24H,1-2,5-8,13-16,21-22H2. The van der Waals surface area contributed by atoms with Crippen LogP contribution in [0.15, 0.2) is 70.9 Å². The smallest absolute Gasteiger partial charge is 0.435 e. The molecule has 0 unspecified atom stereocenters. The molecule has 8 heteroatoms. The highest BCUT2D eigenvalue weighted by molar-refractivity contribution is 6.15. The van der Waals surface area contributed by atoms with Crippen LogP contribution in [0.2, 0.25) is 0 Å². The lowest BCUT2D eigenvalue weighted by atomic mass is 9.90. The van der Waals surface area contributed by atoms with Crippen molar-refractivity contribution in [1.29, 1.82) is 0 Å². The van der Waals surface area contributed by atoms with Crippen LogP contribution < -0.4 is 0 Å². The SMILES string of the molecule is O=C(OCC1CCCCC1)N1C(c2ccccc2)=NN=C(c2ccccc2)N1C(=O)OCC1CCCCC1. The first-order chi connectivity index (χ1) is 18.7. The van der Waals surface area contributed by atoms with E-state index in [-0.39, 0.29) is 11.7 Å². The number of hydrazine groups is 1. The normalized spacial score (nSPS) is 18.9. The monoisotopic (exact) mass is 516 g/mol. The Hall–Kier alpha value is -3.68. The summed E-state index contributed by atoms with van der Waals surface area (Å²) in [6.07, 6.45) is 9.84. The van der Waals surface area contributed by atoms with Crippen molar-refractivity contribution in [2.24, 2.45) is 22.0 Å². The van der Waals surface area contributed by atoms with Crippen molar-refractivity contribution in [2.45, 2.75) is 64.2 Å². The van der Waals surface area contributed by atoms with Crippen LogP contribution in [0.3, 0.4) is 0 Å². The van der Waals surface area contributed by atoms with E-state index in [1.807, 2.05) is 60.7 Å². The number of carbonyl (C=O) groups excluding carboxylic acids is 2. The molecule has 200 valence electrons. The summed E-state index contributed by atoms with van der Waals surface area (Å²) in [6, 6.07) is 18.5. The summed E-state index contributed by atoms with van der Waals surface area (Å²) < 4.78 is 11.7. The molecule has 0 N–H and O–H groups in total. The Bertz CT molecular complexity index is 1050. The fraction of sp³-hybridized carbons (Fsp3) is 0.467. The van der Waals surface area contributed by atoms with E-state index in [1.54, 1.807) is 0 Å². The predicted octanol–water partition coefficient (Wildman–Crippen LogP) is 6.76. The van der Waals surface area contributed by atoms with Crippen LogP contribution >= 0.6 is 0 Å². The van der Waals surface area contributed by atoms with Crippen LogP contribution in [-0.2, 0) is 9.47 Å². The molecule has 2 saturated carbocycles. The first kappa shape index (κ1) is 25.9. The van der Waals surface area contributed by atoms with E-state index in [2.05, 4.69) is 10.2 Å². The van der Waals surface area contributed by atoms with E-state index in [9.17, 15) is 9.59 Å². The molecule has 8 nitrogen and oxygen atoms in total. The van der Waals surface area contributed by atoms with E-state index < -0.39 is 12.2 Å². The van der Waals surface area contributed by atoms with Crippen LogP contribution in [0.25, 0.3) is 0 Å².